The smallest absolute Gasteiger partial charge is 0.260 e. The van der Waals surface area contributed by atoms with Crippen molar-refractivity contribution in [1.29, 1.82) is 0 Å². The van der Waals surface area contributed by atoms with Crippen molar-refractivity contribution in [3.05, 3.63) is 29.6 Å². The highest BCUT2D eigenvalue weighted by molar-refractivity contribution is 5.81. The quantitative estimate of drug-likeness (QED) is 0.680. The molecule has 1 N–H and O–H groups in total. The first-order chi connectivity index (χ1) is 15.1. The maximum absolute atomic E-state index is 14.7. The van der Waals surface area contributed by atoms with Gasteiger partial charge in [-0.15, -0.1) is 0 Å². The van der Waals surface area contributed by atoms with E-state index in [-0.39, 0.29) is 48.9 Å². The minimum absolute atomic E-state index is 0.0404. The lowest BCUT2D eigenvalue weighted by Gasteiger charge is -2.51. The molecule has 2 amide bonds. The third-order valence-corrected chi connectivity index (χ3v) is 7.27. The van der Waals surface area contributed by atoms with Crippen LogP contribution in [0.15, 0.2) is 18.2 Å². The van der Waals surface area contributed by atoms with Crippen molar-refractivity contribution in [3.8, 4) is 5.75 Å². The summed E-state index contributed by atoms with van der Waals surface area (Å²) in [6.07, 6.45) is 4.83. The number of nitrogens with one attached hydrogen (secondary N) is 1. The molecule has 31 heavy (non-hydrogen) atoms. The van der Waals surface area contributed by atoms with Gasteiger partial charge in [-0.2, -0.15) is 0 Å². The number of rotatable bonds is 0. The first kappa shape index (κ1) is 20.7. The number of hydrogen-bond acceptors (Lipinski definition) is 5. The number of piperidine rings is 1. The predicted molar refractivity (Wildman–Crippen MR) is 109 cm³/mol. The van der Waals surface area contributed by atoms with Gasteiger partial charge >= 0.3 is 0 Å². The molecule has 1 saturated carbocycles. The number of halogens is 1. The fraction of sp³-hybridized carbons (Fsp3) is 0.652. The molecule has 2 bridgehead atoms. The summed E-state index contributed by atoms with van der Waals surface area (Å²) in [5, 5.41) is 3.11. The highest BCUT2D eigenvalue weighted by atomic mass is 19.1. The minimum atomic E-state index is -0.648. The lowest BCUT2D eigenvalue weighted by molar-refractivity contribution is -0.156. The van der Waals surface area contributed by atoms with Crippen molar-refractivity contribution in [1.82, 2.24) is 10.2 Å². The number of amides is 2. The second-order valence-electron chi connectivity index (χ2n) is 9.15. The topological polar surface area (TPSA) is 77.1 Å². The van der Waals surface area contributed by atoms with Gasteiger partial charge in [0.15, 0.2) is 6.61 Å². The van der Waals surface area contributed by atoms with E-state index < -0.39 is 5.54 Å². The number of morpholine rings is 1. The molecule has 1 aromatic rings. The van der Waals surface area contributed by atoms with E-state index in [0.29, 0.717) is 31.1 Å². The van der Waals surface area contributed by atoms with Gasteiger partial charge in [-0.05, 0) is 56.6 Å². The minimum Gasteiger partial charge on any atom is -0.483 e. The van der Waals surface area contributed by atoms with Gasteiger partial charge in [-0.1, -0.05) is 6.07 Å². The Bertz CT molecular complexity index is 852. The summed E-state index contributed by atoms with van der Waals surface area (Å²) in [6.45, 7) is 1.13. The Kier molecular flexibility index (Phi) is 5.60. The molecule has 0 unspecified atom stereocenters. The SMILES string of the molecule is O=C1COC[C@@]2(CCCN3C(=O)COc4cccc(F)c4[C@H]4CC[C@H](CC4)OC[C@H]32)N1. The second kappa shape index (κ2) is 8.39. The van der Waals surface area contributed by atoms with Gasteiger partial charge in [0.2, 0.25) is 5.91 Å². The van der Waals surface area contributed by atoms with Crippen LogP contribution in [0.3, 0.4) is 0 Å². The Balaban J connectivity index is 1.47. The van der Waals surface area contributed by atoms with Crippen LogP contribution in [-0.4, -0.2) is 67.4 Å². The van der Waals surface area contributed by atoms with Crippen LogP contribution in [0.25, 0.3) is 0 Å². The van der Waals surface area contributed by atoms with E-state index in [0.717, 1.165) is 38.5 Å². The van der Waals surface area contributed by atoms with E-state index in [4.69, 9.17) is 14.2 Å². The molecule has 2 atom stereocenters. The molecule has 4 aliphatic heterocycles. The van der Waals surface area contributed by atoms with Gasteiger partial charge in [0, 0.05) is 12.1 Å². The van der Waals surface area contributed by atoms with Crippen LogP contribution in [0.5, 0.6) is 5.75 Å². The van der Waals surface area contributed by atoms with Gasteiger partial charge in [0.25, 0.3) is 5.91 Å². The highest BCUT2D eigenvalue weighted by Gasteiger charge is 2.49. The van der Waals surface area contributed by atoms with Crippen LogP contribution in [0, 0.1) is 5.82 Å². The van der Waals surface area contributed by atoms with E-state index in [1.165, 1.54) is 6.07 Å². The lowest BCUT2D eigenvalue weighted by atomic mass is 9.80. The summed E-state index contributed by atoms with van der Waals surface area (Å²) >= 11 is 0. The molecule has 168 valence electrons. The van der Waals surface area contributed by atoms with E-state index in [1.54, 1.807) is 17.0 Å². The molecule has 0 aromatic heterocycles. The summed E-state index contributed by atoms with van der Waals surface area (Å²) < 4.78 is 32.5. The van der Waals surface area contributed by atoms with Crippen LogP contribution in [0.4, 0.5) is 4.39 Å². The number of fused-ring (bicyclic) bond motifs is 5. The lowest BCUT2D eigenvalue weighted by Crippen LogP contribution is -2.72. The summed E-state index contributed by atoms with van der Waals surface area (Å²) in [6, 6.07) is 4.50. The number of nitrogens with zero attached hydrogens (tertiary/aromatic N) is 1. The van der Waals surface area contributed by atoms with Crippen molar-refractivity contribution >= 4 is 11.8 Å². The molecule has 8 heteroatoms. The average Bonchev–Trinajstić information content (AvgIpc) is 2.78. The molecule has 0 radical (unpaired) electrons. The normalized spacial score (nSPS) is 34.0. The maximum atomic E-state index is 14.7. The molecule has 5 aliphatic rings. The Morgan fingerprint density at radius 2 is 1.97 bits per heavy atom. The number of hydrogen-bond donors (Lipinski definition) is 1. The van der Waals surface area contributed by atoms with Gasteiger partial charge < -0.3 is 24.4 Å². The Morgan fingerprint density at radius 1 is 1.13 bits per heavy atom. The van der Waals surface area contributed by atoms with Crippen molar-refractivity contribution in [2.75, 3.05) is 33.0 Å². The molecule has 1 aliphatic carbocycles. The van der Waals surface area contributed by atoms with Crippen LogP contribution in [0.2, 0.25) is 0 Å². The van der Waals surface area contributed by atoms with E-state index >= 15 is 0 Å². The maximum Gasteiger partial charge on any atom is 0.260 e. The zero-order chi connectivity index (χ0) is 21.4. The fourth-order valence-corrected chi connectivity index (χ4v) is 5.73. The molecular formula is C23H29FN2O5. The average molecular weight is 432 g/mol. The molecule has 1 spiro atoms. The number of carbonyl (C=O) groups excluding carboxylic acids is 2. The number of ether oxygens (including phenoxy) is 3. The molecule has 4 heterocycles. The molecule has 2 saturated heterocycles. The first-order valence-corrected chi connectivity index (χ1v) is 11.3. The van der Waals surface area contributed by atoms with Crippen molar-refractivity contribution in [3.63, 3.8) is 0 Å². The third kappa shape index (κ3) is 3.91. The molecule has 6 rings (SSSR count). The summed E-state index contributed by atoms with van der Waals surface area (Å²) in [5.41, 5.74) is -0.0717. The summed E-state index contributed by atoms with van der Waals surface area (Å²) in [5.74, 6) is -0.110. The summed E-state index contributed by atoms with van der Waals surface area (Å²) in [7, 11) is 0. The number of carbonyl (C=O) groups is 2. The van der Waals surface area contributed by atoms with E-state index in [1.807, 2.05) is 0 Å². The molecule has 3 fully saturated rings. The largest absolute Gasteiger partial charge is 0.483 e. The van der Waals surface area contributed by atoms with Gasteiger partial charge in [-0.25, -0.2) is 4.39 Å². The standard InChI is InChI=1S/C23H29FN2O5/c24-17-3-1-4-18-22(17)15-5-7-16(8-6-15)30-11-19-23(14-29-12-20(27)25-23)9-2-10-26(19)21(28)13-31-18/h1,3-4,15-16,19H,2,5-14H2,(H,25,27)/t15-,16+,19-,23+/m0/s1. The fourth-order valence-electron chi connectivity index (χ4n) is 5.73. The Labute approximate surface area is 181 Å². The zero-order valence-electron chi connectivity index (χ0n) is 17.6. The third-order valence-electron chi connectivity index (χ3n) is 7.27. The highest BCUT2D eigenvalue weighted by Crippen LogP contribution is 2.41. The Hall–Kier alpha value is -2.19. The van der Waals surface area contributed by atoms with Crippen LogP contribution in [0.1, 0.15) is 50.0 Å². The van der Waals surface area contributed by atoms with Crippen molar-refractivity contribution < 1.29 is 28.2 Å². The molecule has 1 aromatic carbocycles. The van der Waals surface area contributed by atoms with Gasteiger partial charge in [0.05, 0.1) is 30.9 Å². The van der Waals surface area contributed by atoms with Crippen LogP contribution < -0.4 is 10.1 Å². The van der Waals surface area contributed by atoms with Gasteiger partial charge in [-0.3, -0.25) is 9.59 Å². The summed E-state index contributed by atoms with van der Waals surface area (Å²) in [4.78, 5) is 27.2. The number of benzene rings is 1. The second-order valence-corrected chi connectivity index (χ2v) is 9.15. The Morgan fingerprint density at radius 3 is 2.77 bits per heavy atom. The van der Waals surface area contributed by atoms with Crippen molar-refractivity contribution in [2.24, 2.45) is 0 Å². The molecular weight excluding hydrogens is 403 g/mol. The van der Waals surface area contributed by atoms with Crippen LogP contribution >= 0.6 is 0 Å². The van der Waals surface area contributed by atoms with Crippen molar-refractivity contribution in [2.45, 2.75) is 62.1 Å². The van der Waals surface area contributed by atoms with E-state index in [9.17, 15) is 14.0 Å². The molecule has 7 nitrogen and oxygen atoms in total. The van der Waals surface area contributed by atoms with Gasteiger partial charge in [0.1, 0.15) is 18.2 Å². The van der Waals surface area contributed by atoms with Crippen LogP contribution in [-0.2, 0) is 19.1 Å². The van der Waals surface area contributed by atoms with E-state index in [2.05, 4.69) is 5.32 Å². The zero-order valence-corrected chi connectivity index (χ0v) is 17.6. The first-order valence-electron chi connectivity index (χ1n) is 11.3. The predicted octanol–water partition coefficient (Wildman–Crippen LogP) is 2.14. The monoisotopic (exact) mass is 432 g/mol.